The van der Waals surface area contributed by atoms with Crippen LogP contribution in [0.5, 0.6) is 0 Å². The first-order valence-corrected chi connectivity index (χ1v) is 7.67. The van der Waals surface area contributed by atoms with E-state index in [4.69, 9.17) is 4.74 Å². The van der Waals surface area contributed by atoms with Crippen molar-refractivity contribution in [1.82, 2.24) is 5.32 Å². The fourth-order valence-electron chi connectivity index (χ4n) is 1.98. The van der Waals surface area contributed by atoms with Crippen molar-refractivity contribution in [3.8, 4) is 0 Å². The van der Waals surface area contributed by atoms with Gasteiger partial charge in [0.05, 0.1) is 0 Å². The second-order valence-electron chi connectivity index (χ2n) is 5.93. The third-order valence-electron chi connectivity index (χ3n) is 2.91. The Morgan fingerprint density at radius 3 is 2.80 bits per heavy atom. The van der Waals surface area contributed by atoms with Gasteiger partial charge in [0.25, 0.3) is 0 Å². The van der Waals surface area contributed by atoms with E-state index in [9.17, 15) is 4.79 Å². The van der Waals surface area contributed by atoms with Crippen LogP contribution in [-0.4, -0.2) is 18.2 Å². The molecular weight excluding hydrogens is 270 g/mol. The molecule has 0 unspecified atom stereocenters. The molecule has 0 saturated carbocycles. The van der Waals surface area contributed by atoms with E-state index in [1.165, 1.54) is 21.2 Å². The molecule has 1 N–H and O–H groups in total. The Kier molecular flexibility index (Phi) is 4.33. The van der Waals surface area contributed by atoms with Gasteiger partial charge in [0, 0.05) is 11.2 Å². The summed E-state index contributed by atoms with van der Waals surface area (Å²) in [5.74, 6) is 0. The predicted octanol–water partition coefficient (Wildman–Crippen LogP) is 4.28. The van der Waals surface area contributed by atoms with Gasteiger partial charge in [-0.3, -0.25) is 0 Å². The average molecular weight is 291 g/mol. The number of fused-ring (bicyclic) bond motifs is 1. The van der Waals surface area contributed by atoms with Gasteiger partial charge < -0.3 is 10.1 Å². The lowest BCUT2D eigenvalue weighted by Gasteiger charge is -2.19. The third-order valence-corrected chi connectivity index (χ3v) is 3.99. The summed E-state index contributed by atoms with van der Waals surface area (Å²) in [7, 11) is 0. The first-order valence-electron chi connectivity index (χ1n) is 6.79. The van der Waals surface area contributed by atoms with Crippen LogP contribution in [0, 0.1) is 6.92 Å². The van der Waals surface area contributed by atoms with Crippen LogP contribution in [0.4, 0.5) is 4.79 Å². The number of amides is 1. The Hall–Kier alpha value is -1.55. The Morgan fingerprint density at radius 1 is 1.35 bits per heavy atom. The quantitative estimate of drug-likeness (QED) is 0.916. The van der Waals surface area contributed by atoms with Gasteiger partial charge in [-0.25, -0.2) is 4.79 Å². The molecule has 108 valence electrons. The molecule has 1 amide bonds. The molecule has 0 atom stereocenters. The summed E-state index contributed by atoms with van der Waals surface area (Å²) in [5, 5.41) is 6.27. The van der Waals surface area contributed by atoms with E-state index in [-0.39, 0.29) is 6.09 Å². The second-order valence-corrected chi connectivity index (χ2v) is 6.84. The number of nitrogens with one attached hydrogen (secondary N) is 1. The number of hydrogen-bond acceptors (Lipinski definition) is 3. The normalized spacial score (nSPS) is 11.6. The Morgan fingerprint density at radius 2 is 2.10 bits per heavy atom. The third kappa shape index (κ3) is 3.97. The molecule has 2 rings (SSSR count). The molecule has 0 aliphatic rings. The van der Waals surface area contributed by atoms with Crippen LogP contribution in [-0.2, 0) is 11.2 Å². The summed E-state index contributed by atoms with van der Waals surface area (Å²) in [6, 6.07) is 6.47. The fraction of sp³-hybridized carbons (Fsp3) is 0.438. The lowest BCUT2D eigenvalue weighted by molar-refractivity contribution is 0.0528. The van der Waals surface area contributed by atoms with Gasteiger partial charge in [0.2, 0.25) is 0 Å². The lowest BCUT2D eigenvalue weighted by atomic mass is 10.1. The van der Waals surface area contributed by atoms with Crippen molar-refractivity contribution in [3.63, 3.8) is 0 Å². The van der Waals surface area contributed by atoms with Crippen molar-refractivity contribution in [2.45, 2.75) is 39.7 Å². The number of ether oxygens (including phenoxy) is 1. The fourth-order valence-corrected chi connectivity index (χ4v) is 2.91. The number of aryl methyl sites for hydroxylation is 1. The summed E-state index contributed by atoms with van der Waals surface area (Å²) >= 11 is 1.77. The van der Waals surface area contributed by atoms with Crippen LogP contribution in [0.2, 0.25) is 0 Å². The van der Waals surface area contributed by atoms with Crippen LogP contribution >= 0.6 is 11.3 Å². The highest BCUT2D eigenvalue weighted by Gasteiger charge is 2.15. The summed E-state index contributed by atoms with van der Waals surface area (Å²) in [6.45, 7) is 8.30. The zero-order valence-corrected chi connectivity index (χ0v) is 13.3. The predicted molar refractivity (Wildman–Crippen MR) is 84.5 cm³/mol. The van der Waals surface area contributed by atoms with Gasteiger partial charge in [-0.15, -0.1) is 11.3 Å². The van der Waals surface area contributed by atoms with E-state index in [0.29, 0.717) is 6.54 Å². The minimum absolute atomic E-state index is 0.356. The van der Waals surface area contributed by atoms with E-state index in [2.05, 4.69) is 35.8 Å². The SMILES string of the molecule is Cc1csc2ccc(CCNC(=O)OC(C)(C)C)cc12. The van der Waals surface area contributed by atoms with Gasteiger partial charge in [-0.2, -0.15) is 0 Å². The van der Waals surface area contributed by atoms with E-state index in [1.54, 1.807) is 11.3 Å². The van der Waals surface area contributed by atoms with Crippen LogP contribution in [0.1, 0.15) is 31.9 Å². The van der Waals surface area contributed by atoms with Crippen LogP contribution in [0.15, 0.2) is 23.6 Å². The van der Waals surface area contributed by atoms with Crippen molar-refractivity contribution in [3.05, 3.63) is 34.7 Å². The zero-order valence-electron chi connectivity index (χ0n) is 12.4. The molecule has 3 nitrogen and oxygen atoms in total. The zero-order chi connectivity index (χ0) is 14.8. The molecule has 1 aromatic heterocycles. The second kappa shape index (κ2) is 5.83. The molecular formula is C16H21NO2S. The first-order chi connectivity index (χ1) is 9.35. The minimum Gasteiger partial charge on any atom is -0.444 e. The highest BCUT2D eigenvalue weighted by Crippen LogP contribution is 2.26. The Bertz CT molecular complexity index is 610. The van der Waals surface area contributed by atoms with E-state index in [0.717, 1.165) is 6.42 Å². The van der Waals surface area contributed by atoms with Gasteiger partial charge in [0.15, 0.2) is 0 Å². The topological polar surface area (TPSA) is 38.3 Å². The summed E-state index contributed by atoms with van der Waals surface area (Å²) in [6.07, 6.45) is 0.454. The highest BCUT2D eigenvalue weighted by atomic mass is 32.1. The molecule has 20 heavy (non-hydrogen) atoms. The molecule has 0 aliphatic heterocycles. The van der Waals surface area contributed by atoms with Crippen LogP contribution < -0.4 is 5.32 Å². The number of hydrogen-bond donors (Lipinski definition) is 1. The first kappa shape index (κ1) is 14.9. The monoisotopic (exact) mass is 291 g/mol. The smallest absolute Gasteiger partial charge is 0.407 e. The molecule has 0 spiro atoms. The highest BCUT2D eigenvalue weighted by molar-refractivity contribution is 7.17. The summed E-state index contributed by atoms with van der Waals surface area (Å²) < 4.78 is 6.52. The van der Waals surface area contributed by atoms with E-state index < -0.39 is 5.60 Å². The van der Waals surface area contributed by atoms with Gasteiger partial charge in [0.1, 0.15) is 5.60 Å². The van der Waals surface area contributed by atoms with Crippen molar-refractivity contribution in [2.75, 3.05) is 6.54 Å². The number of rotatable bonds is 3. The standard InChI is InChI=1S/C16H21NO2S/c1-11-10-20-14-6-5-12(9-13(11)14)7-8-17-15(18)19-16(2,3)4/h5-6,9-10H,7-8H2,1-4H3,(H,17,18). The minimum atomic E-state index is -0.448. The maximum atomic E-state index is 11.5. The molecule has 1 heterocycles. The number of benzene rings is 1. The molecule has 0 aliphatic carbocycles. The summed E-state index contributed by atoms with van der Waals surface area (Å²) in [5.41, 5.74) is 2.10. The molecule has 2 aromatic rings. The van der Waals surface area contributed by atoms with E-state index >= 15 is 0 Å². The van der Waals surface area contributed by atoms with Crippen molar-refractivity contribution >= 4 is 27.5 Å². The molecule has 0 bridgehead atoms. The number of alkyl carbamates (subject to hydrolysis) is 1. The number of carbonyl (C=O) groups is 1. The van der Waals surface area contributed by atoms with Gasteiger partial charge >= 0.3 is 6.09 Å². The molecule has 1 aromatic carbocycles. The van der Waals surface area contributed by atoms with Crippen LogP contribution in [0.3, 0.4) is 0 Å². The molecule has 0 radical (unpaired) electrons. The van der Waals surface area contributed by atoms with Gasteiger partial charge in [-0.05, 0) is 68.1 Å². The Balaban J connectivity index is 1.89. The lowest BCUT2D eigenvalue weighted by Crippen LogP contribution is -2.33. The number of carbonyl (C=O) groups excluding carboxylic acids is 1. The largest absolute Gasteiger partial charge is 0.444 e. The van der Waals surface area contributed by atoms with Gasteiger partial charge in [-0.1, -0.05) is 6.07 Å². The van der Waals surface area contributed by atoms with E-state index in [1.807, 2.05) is 20.8 Å². The maximum Gasteiger partial charge on any atom is 0.407 e. The van der Waals surface area contributed by atoms with Crippen molar-refractivity contribution < 1.29 is 9.53 Å². The maximum absolute atomic E-state index is 11.5. The van der Waals surface area contributed by atoms with Crippen molar-refractivity contribution in [2.24, 2.45) is 0 Å². The Labute approximate surface area is 123 Å². The average Bonchev–Trinajstić information content (AvgIpc) is 2.69. The number of thiophene rings is 1. The molecule has 0 fully saturated rings. The van der Waals surface area contributed by atoms with Crippen molar-refractivity contribution in [1.29, 1.82) is 0 Å². The summed E-state index contributed by atoms with van der Waals surface area (Å²) in [4.78, 5) is 11.5. The molecule has 4 heteroatoms. The molecule has 0 saturated heterocycles. The van der Waals surface area contributed by atoms with Crippen LogP contribution in [0.25, 0.3) is 10.1 Å².